The van der Waals surface area contributed by atoms with Crippen LogP contribution < -0.4 is 26.5 Å². The van der Waals surface area contributed by atoms with Crippen LogP contribution >= 0.6 is 7.26 Å². The summed E-state index contributed by atoms with van der Waals surface area (Å²) in [5.74, 6) is 1.46. The van der Waals surface area contributed by atoms with Crippen LogP contribution in [-0.4, -0.2) is 37.7 Å². The van der Waals surface area contributed by atoms with E-state index < -0.39 is 7.26 Å². The summed E-state index contributed by atoms with van der Waals surface area (Å²) in [6, 6.07) is 0. The van der Waals surface area contributed by atoms with Crippen LogP contribution in [0.15, 0.2) is 0 Å². The zero-order valence-electron chi connectivity index (χ0n) is 16.9. The molecule has 0 saturated carbocycles. The number of esters is 1. The van der Waals surface area contributed by atoms with Crippen LogP contribution in [0.2, 0.25) is 0 Å². The fourth-order valence-corrected chi connectivity index (χ4v) is 4.47. The smallest absolute Gasteiger partial charge is 0.308 e. The topological polar surface area (TPSA) is 35.5 Å². The molecular formula is C20H32BrO3P. The van der Waals surface area contributed by atoms with Crippen molar-refractivity contribution in [1.29, 1.82) is 0 Å². The highest BCUT2D eigenvalue weighted by molar-refractivity contribution is 7.73. The van der Waals surface area contributed by atoms with Crippen LogP contribution in [0.3, 0.4) is 0 Å². The summed E-state index contributed by atoms with van der Waals surface area (Å²) in [5.41, 5.74) is 4.27. The van der Waals surface area contributed by atoms with Gasteiger partial charge in [-0.3, -0.25) is 4.79 Å². The van der Waals surface area contributed by atoms with Gasteiger partial charge in [0.05, 0.1) is 6.16 Å². The van der Waals surface area contributed by atoms with Crippen LogP contribution in [-0.2, 0) is 11.2 Å². The van der Waals surface area contributed by atoms with Crippen molar-refractivity contribution < 1.29 is 31.2 Å². The summed E-state index contributed by atoms with van der Waals surface area (Å²) in [5, 5.41) is 0. The largest absolute Gasteiger partial charge is 1.00 e. The summed E-state index contributed by atoms with van der Waals surface area (Å²) >= 11 is 0. The van der Waals surface area contributed by atoms with Gasteiger partial charge in [-0.25, -0.2) is 0 Å². The van der Waals surface area contributed by atoms with Crippen LogP contribution in [0.4, 0.5) is 0 Å². The maximum atomic E-state index is 11.4. The van der Waals surface area contributed by atoms with Crippen molar-refractivity contribution in [3.8, 4) is 11.5 Å². The van der Waals surface area contributed by atoms with E-state index >= 15 is 0 Å². The second-order valence-corrected chi connectivity index (χ2v) is 13.4. The van der Waals surface area contributed by atoms with Crippen LogP contribution in [0.25, 0.3) is 0 Å². The number of rotatable bonds is 4. The van der Waals surface area contributed by atoms with Crippen molar-refractivity contribution in [2.24, 2.45) is 0 Å². The maximum Gasteiger partial charge on any atom is 0.308 e. The molecule has 1 aromatic rings. The summed E-state index contributed by atoms with van der Waals surface area (Å²) in [7, 11) is -0.802. The van der Waals surface area contributed by atoms with E-state index in [-0.39, 0.29) is 28.6 Å². The van der Waals surface area contributed by atoms with Crippen molar-refractivity contribution >= 4 is 13.2 Å². The molecule has 0 saturated heterocycles. The van der Waals surface area contributed by atoms with Gasteiger partial charge in [0.15, 0.2) is 0 Å². The SMILES string of the molecule is CC(=O)Oc1c(C)c(C)c2c(c1C)CCC(C)(CC[P+](C)(C)C)O2.[Br-]. The molecule has 0 aromatic heterocycles. The lowest BCUT2D eigenvalue weighted by Crippen LogP contribution is -3.00. The lowest BCUT2D eigenvalue weighted by molar-refractivity contribution is -0.132. The van der Waals surface area contributed by atoms with Gasteiger partial charge in [0.25, 0.3) is 0 Å². The number of ether oxygens (including phenoxy) is 2. The molecule has 0 spiro atoms. The molecule has 1 unspecified atom stereocenters. The van der Waals surface area contributed by atoms with E-state index in [1.165, 1.54) is 18.6 Å². The molecule has 1 atom stereocenters. The normalized spacial score (nSPS) is 19.5. The highest BCUT2D eigenvalue weighted by Crippen LogP contribution is 2.50. The van der Waals surface area contributed by atoms with Gasteiger partial charge in [-0.15, -0.1) is 0 Å². The van der Waals surface area contributed by atoms with Crippen molar-refractivity contribution in [3.63, 3.8) is 0 Å². The van der Waals surface area contributed by atoms with Gasteiger partial charge in [0.2, 0.25) is 0 Å². The molecule has 5 heteroatoms. The Bertz CT molecular complexity index is 664. The van der Waals surface area contributed by atoms with Gasteiger partial charge in [0.1, 0.15) is 17.1 Å². The molecular weight excluding hydrogens is 399 g/mol. The van der Waals surface area contributed by atoms with Gasteiger partial charge < -0.3 is 26.5 Å². The zero-order valence-corrected chi connectivity index (χ0v) is 19.4. The van der Waals surface area contributed by atoms with Gasteiger partial charge in [-0.2, -0.15) is 0 Å². The Morgan fingerprint density at radius 2 is 1.76 bits per heavy atom. The van der Waals surface area contributed by atoms with Gasteiger partial charge in [-0.05, 0) is 57.2 Å². The van der Waals surface area contributed by atoms with Crippen molar-refractivity contribution in [2.45, 2.75) is 59.5 Å². The number of halogens is 1. The Hall–Kier alpha value is -0.600. The van der Waals surface area contributed by atoms with E-state index in [2.05, 4.69) is 33.8 Å². The lowest BCUT2D eigenvalue weighted by atomic mass is 9.86. The van der Waals surface area contributed by atoms with Gasteiger partial charge in [0, 0.05) is 46.2 Å². The third kappa shape index (κ3) is 5.20. The minimum Gasteiger partial charge on any atom is -1.00 e. The first-order valence-corrected chi connectivity index (χ1v) is 12.1. The molecule has 0 amide bonds. The van der Waals surface area contributed by atoms with E-state index in [9.17, 15) is 4.79 Å². The predicted octanol–water partition coefficient (Wildman–Crippen LogP) is 1.92. The molecule has 0 radical (unpaired) electrons. The van der Waals surface area contributed by atoms with Crippen LogP contribution in [0.1, 0.15) is 48.9 Å². The van der Waals surface area contributed by atoms with E-state index in [1.54, 1.807) is 0 Å². The molecule has 142 valence electrons. The van der Waals surface area contributed by atoms with E-state index in [4.69, 9.17) is 9.47 Å². The zero-order chi connectivity index (χ0) is 18.3. The number of carbonyl (C=O) groups excluding carboxylic acids is 1. The third-order valence-corrected chi connectivity index (χ3v) is 6.69. The van der Waals surface area contributed by atoms with E-state index in [1.807, 2.05) is 13.8 Å². The quantitative estimate of drug-likeness (QED) is 0.415. The Morgan fingerprint density at radius 1 is 1.16 bits per heavy atom. The van der Waals surface area contributed by atoms with Crippen LogP contribution in [0.5, 0.6) is 11.5 Å². The molecule has 1 aliphatic heterocycles. The second kappa shape index (κ2) is 7.96. The fourth-order valence-electron chi connectivity index (χ4n) is 3.33. The maximum absolute atomic E-state index is 11.4. The lowest BCUT2D eigenvalue weighted by Gasteiger charge is -2.38. The number of fused-ring (bicyclic) bond motifs is 1. The van der Waals surface area contributed by atoms with Crippen molar-refractivity contribution in [1.82, 2.24) is 0 Å². The van der Waals surface area contributed by atoms with E-state index in [0.717, 1.165) is 41.7 Å². The summed E-state index contributed by atoms with van der Waals surface area (Å²) in [4.78, 5) is 11.4. The number of carbonyl (C=O) groups is 1. The summed E-state index contributed by atoms with van der Waals surface area (Å²) in [6.45, 7) is 17.0. The number of hydrogen-bond acceptors (Lipinski definition) is 3. The molecule has 1 aliphatic rings. The molecule has 0 bridgehead atoms. The summed E-state index contributed by atoms with van der Waals surface area (Å²) < 4.78 is 12.0. The minimum atomic E-state index is -0.802. The first-order chi connectivity index (χ1) is 10.9. The Kier molecular flexibility index (Phi) is 7.15. The molecule has 0 aliphatic carbocycles. The molecule has 3 nitrogen and oxygen atoms in total. The highest BCUT2D eigenvalue weighted by atomic mass is 79.9. The summed E-state index contributed by atoms with van der Waals surface area (Å²) in [6.07, 6.45) is 4.35. The standard InChI is InChI=1S/C20H32O3P.BrH/c1-13-14(2)19-17(15(3)18(13)22-16(4)21)9-10-20(5,23-19)11-12-24(6,7)8;/h9-12H2,1-8H3;1H/q+1;/p-1. The predicted molar refractivity (Wildman–Crippen MR) is 103 cm³/mol. The Morgan fingerprint density at radius 3 is 2.28 bits per heavy atom. The molecule has 2 rings (SSSR count). The molecule has 25 heavy (non-hydrogen) atoms. The molecule has 1 aromatic carbocycles. The number of benzene rings is 1. The molecule has 0 N–H and O–H groups in total. The monoisotopic (exact) mass is 430 g/mol. The van der Waals surface area contributed by atoms with Crippen molar-refractivity contribution in [2.75, 3.05) is 26.2 Å². The van der Waals surface area contributed by atoms with Gasteiger partial charge in [-0.1, -0.05) is 0 Å². The second-order valence-electron chi connectivity index (χ2n) is 8.42. The highest BCUT2D eigenvalue weighted by Gasteiger charge is 2.36. The third-order valence-electron chi connectivity index (χ3n) is 5.12. The Balaban J connectivity index is 0.00000312. The molecule has 1 heterocycles. The first-order valence-electron chi connectivity index (χ1n) is 8.74. The fraction of sp³-hybridized carbons (Fsp3) is 0.650. The van der Waals surface area contributed by atoms with E-state index in [0.29, 0.717) is 5.75 Å². The average molecular weight is 431 g/mol. The minimum absolute atomic E-state index is 0. The first kappa shape index (κ1) is 22.4. The van der Waals surface area contributed by atoms with Crippen molar-refractivity contribution in [3.05, 3.63) is 22.3 Å². The number of hydrogen-bond donors (Lipinski definition) is 0. The van der Waals surface area contributed by atoms with Crippen LogP contribution in [0, 0.1) is 20.8 Å². The average Bonchev–Trinajstić information content (AvgIpc) is 2.47. The van der Waals surface area contributed by atoms with Gasteiger partial charge >= 0.3 is 5.97 Å². The molecule has 0 fully saturated rings. The Labute approximate surface area is 164 Å².